The van der Waals surface area contributed by atoms with Gasteiger partial charge in [0, 0.05) is 24.8 Å². The third kappa shape index (κ3) is 2.18. The molecule has 0 spiro atoms. The predicted octanol–water partition coefficient (Wildman–Crippen LogP) is 3.04. The molecule has 0 unspecified atom stereocenters. The summed E-state index contributed by atoms with van der Waals surface area (Å²) < 4.78 is 2.10. The van der Waals surface area contributed by atoms with E-state index in [1.165, 1.54) is 5.56 Å². The molecule has 0 aliphatic carbocycles. The maximum atomic E-state index is 12.5. The Kier molecular flexibility index (Phi) is 2.84. The summed E-state index contributed by atoms with van der Waals surface area (Å²) in [4.78, 5) is 14.5. The zero-order valence-corrected chi connectivity index (χ0v) is 12.4. The van der Waals surface area contributed by atoms with Crippen LogP contribution < -0.4 is 0 Å². The fraction of sp³-hybridized carbons (Fsp3) is 0.667. The van der Waals surface area contributed by atoms with E-state index in [4.69, 9.17) is 0 Å². The molecule has 1 aliphatic heterocycles. The summed E-state index contributed by atoms with van der Waals surface area (Å²) in [6.45, 7) is 14.5. The Morgan fingerprint density at radius 3 is 2.17 bits per heavy atom. The Bertz CT molecular complexity index is 472. The minimum absolute atomic E-state index is 0.0944. The first-order valence-corrected chi connectivity index (χ1v) is 6.63. The van der Waals surface area contributed by atoms with E-state index in [9.17, 15) is 4.79 Å². The van der Waals surface area contributed by atoms with E-state index in [0.29, 0.717) is 0 Å². The Balaban J connectivity index is 2.39. The smallest absolute Gasteiger partial charge is 0.270 e. The number of amides is 1. The molecule has 3 heteroatoms. The number of fused-ring (bicyclic) bond motifs is 1. The van der Waals surface area contributed by atoms with Gasteiger partial charge >= 0.3 is 0 Å². The van der Waals surface area contributed by atoms with Crippen molar-refractivity contribution in [2.24, 2.45) is 0 Å². The lowest BCUT2D eigenvalue weighted by atomic mass is 9.89. The van der Waals surface area contributed by atoms with Gasteiger partial charge in [-0.3, -0.25) is 4.79 Å². The molecule has 0 radical (unpaired) electrons. The van der Waals surface area contributed by atoms with Crippen molar-refractivity contribution in [2.75, 3.05) is 6.54 Å². The highest BCUT2D eigenvalue weighted by atomic mass is 16.2. The van der Waals surface area contributed by atoms with Crippen molar-refractivity contribution in [1.82, 2.24) is 9.47 Å². The topological polar surface area (TPSA) is 25.2 Å². The third-order valence-corrected chi connectivity index (χ3v) is 3.60. The monoisotopic (exact) mass is 248 g/mol. The number of carbonyl (C=O) groups is 1. The van der Waals surface area contributed by atoms with Gasteiger partial charge in [0.25, 0.3) is 5.91 Å². The number of carbonyl (C=O) groups excluding carboxylic acids is 1. The van der Waals surface area contributed by atoms with Crippen molar-refractivity contribution >= 4 is 5.91 Å². The summed E-state index contributed by atoms with van der Waals surface area (Å²) in [5, 5.41) is 0. The van der Waals surface area contributed by atoms with Gasteiger partial charge in [0.1, 0.15) is 5.69 Å². The van der Waals surface area contributed by atoms with Gasteiger partial charge < -0.3 is 9.47 Å². The molecule has 0 bridgehead atoms. The zero-order chi connectivity index (χ0) is 13.7. The lowest BCUT2D eigenvalue weighted by Crippen LogP contribution is -2.50. The van der Waals surface area contributed by atoms with Crippen LogP contribution in [-0.2, 0) is 12.0 Å². The summed E-state index contributed by atoms with van der Waals surface area (Å²) in [5.74, 6) is 0.157. The molecule has 100 valence electrons. The highest BCUT2D eigenvalue weighted by Gasteiger charge is 2.33. The van der Waals surface area contributed by atoms with Crippen LogP contribution in [-0.4, -0.2) is 27.5 Å². The van der Waals surface area contributed by atoms with E-state index in [1.807, 2.05) is 4.90 Å². The molecule has 0 aromatic carbocycles. The minimum atomic E-state index is -0.103. The molecule has 1 aliphatic rings. The Morgan fingerprint density at radius 1 is 1.06 bits per heavy atom. The van der Waals surface area contributed by atoms with Crippen molar-refractivity contribution < 1.29 is 4.79 Å². The molecule has 1 amide bonds. The zero-order valence-electron chi connectivity index (χ0n) is 12.4. The fourth-order valence-corrected chi connectivity index (χ4v) is 2.37. The van der Waals surface area contributed by atoms with Crippen LogP contribution in [0.5, 0.6) is 0 Å². The fourth-order valence-electron chi connectivity index (χ4n) is 2.37. The van der Waals surface area contributed by atoms with Crippen LogP contribution in [0.3, 0.4) is 0 Å². The number of hydrogen-bond acceptors (Lipinski definition) is 1. The molecular weight excluding hydrogens is 224 g/mol. The molecule has 0 fully saturated rings. The predicted molar refractivity (Wildman–Crippen MR) is 73.9 cm³/mol. The van der Waals surface area contributed by atoms with Gasteiger partial charge in [-0.15, -0.1) is 0 Å². The Morgan fingerprint density at radius 2 is 1.67 bits per heavy atom. The lowest BCUT2D eigenvalue weighted by molar-refractivity contribution is 0.0515. The normalized spacial score (nSPS) is 17.0. The van der Waals surface area contributed by atoms with E-state index >= 15 is 0 Å². The van der Waals surface area contributed by atoms with Crippen molar-refractivity contribution in [3.8, 4) is 0 Å². The molecular formula is C15H24N2O. The van der Waals surface area contributed by atoms with Crippen LogP contribution in [0.25, 0.3) is 0 Å². The summed E-state index contributed by atoms with van der Waals surface area (Å²) in [6, 6.07) is 2.06. The van der Waals surface area contributed by atoms with Gasteiger partial charge in [0.05, 0.1) is 0 Å². The highest BCUT2D eigenvalue weighted by Crippen LogP contribution is 2.28. The number of nitrogens with zero attached hydrogens (tertiary/aromatic N) is 2. The molecule has 3 nitrogen and oxygen atoms in total. The molecule has 2 rings (SSSR count). The van der Waals surface area contributed by atoms with Crippen molar-refractivity contribution in [1.29, 1.82) is 0 Å². The number of aromatic nitrogens is 1. The highest BCUT2D eigenvalue weighted by molar-refractivity contribution is 5.94. The van der Waals surface area contributed by atoms with Crippen molar-refractivity contribution in [3.63, 3.8) is 0 Å². The van der Waals surface area contributed by atoms with Crippen LogP contribution in [0, 0.1) is 0 Å². The van der Waals surface area contributed by atoms with E-state index in [2.05, 4.69) is 58.4 Å². The van der Waals surface area contributed by atoms with E-state index in [1.54, 1.807) is 0 Å². The quantitative estimate of drug-likeness (QED) is 0.693. The summed E-state index contributed by atoms with van der Waals surface area (Å²) in [5.41, 5.74) is 2.06. The number of rotatable bonds is 0. The van der Waals surface area contributed by atoms with Crippen molar-refractivity contribution in [2.45, 2.75) is 59.0 Å². The summed E-state index contributed by atoms with van der Waals surface area (Å²) in [6.07, 6.45) is 2.13. The molecule has 0 saturated carbocycles. The summed E-state index contributed by atoms with van der Waals surface area (Å²) in [7, 11) is 0. The minimum Gasteiger partial charge on any atom is -0.341 e. The SMILES string of the molecule is CC(C)(C)c1cc2n(c1)CCN(C(C)(C)C)C2=O. The van der Waals surface area contributed by atoms with E-state index in [-0.39, 0.29) is 16.9 Å². The van der Waals surface area contributed by atoms with Gasteiger partial charge in [0.15, 0.2) is 0 Å². The molecule has 1 aromatic rings. The molecule has 0 N–H and O–H groups in total. The second kappa shape index (κ2) is 3.87. The molecule has 18 heavy (non-hydrogen) atoms. The van der Waals surface area contributed by atoms with Crippen molar-refractivity contribution in [3.05, 3.63) is 23.5 Å². The van der Waals surface area contributed by atoms with Crippen LogP contribution in [0.2, 0.25) is 0 Å². The van der Waals surface area contributed by atoms with Gasteiger partial charge in [0.2, 0.25) is 0 Å². The first-order valence-electron chi connectivity index (χ1n) is 6.63. The average molecular weight is 248 g/mol. The standard InChI is InChI=1S/C15H24N2O/c1-14(2,3)11-9-12-13(18)17(15(4,5)6)8-7-16(12)10-11/h9-10H,7-8H2,1-6H3. The largest absolute Gasteiger partial charge is 0.341 e. The molecule has 0 atom stereocenters. The van der Waals surface area contributed by atoms with Crippen LogP contribution in [0.1, 0.15) is 57.6 Å². The van der Waals surface area contributed by atoms with E-state index in [0.717, 1.165) is 18.8 Å². The maximum absolute atomic E-state index is 12.5. The van der Waals surface area contributed by atoms with Crippen LogP contribution >= 0.6 is 0 Å². The first-order chi connectivity index (χ1) is 8.10. The molecule has 0 saturated heterocycles. The second-order valence-corrected chi connectivity index (χ2v) is 7.19. The van der Waals surface area contributed by atoms with Gasteiger partial charge in [-0.05, 0) is 37.8 Å². The average Bonchev–Trinajstić information content (AvgIpc) is 2.59. The van der Waals surface area contributed by atoms with Crippen LogP contribution in [0.15, 0.2) is 12.3 Å². The van der Waals surface area contributed by atoms with Crippen LogP contribution in [0.4, 0.5) is 0 Å². The summed E-state index contributed by atoms with van der Waals surface area (Å²) >= 11 is 0. The second-order valence-electron chi connectivity index (χ2n) is 7.19. The maximum Gasteiger partial charge on any atom is 0.270 e. The lowest BCUT2D eigenvalue weighted by Gasteiger charge is -2.38. The third-order valence-electron chi connectivity index (χ3n) is 3.60. The molecule has 1 aromatic heterocycles. The Hall–Kier alpha value is -1.25. The molecule has 2 heterocycles. The van der Waals surface area contributed by atoms with Gasteiger partial charge in [-0.25, -0.2) is 0 Å². The van der Waals surface area contributed by atoms with E-state index < -0.39 is 0 Å². The Labute approximate surface area is 110 Å². The number of hydrogen-bond donors (Lipinski definition) is 0. The van der Waals surface area contributed by atoms with Gasteiger partial charge in [-0.1, -0.05) is 20.8 Å². The van der Waals surface area contributed by atoms with Gasteiger partial charge in [-0.2, -0.15) is 0 Å². The first kappa shape index (κ1) is 13.2.